The maximum Gasteiger partial charge on any atom is 0.270 e. The van der Waals surface area contributed by atoms with Crippen LogP contribution in [0.4, 0.5) is 5.69 Å². The van der Waals surface area contributed by atoms with Crippen molar-refractivity contribution in [3.8, 4) is 0 Å². The fourth-order valence-corrected chi connectivity index (χ4v) is 2.09. The first-order valence-corrected chi connectivity index (χ1v) is 6.79. The maximum atomic E-state index is 11.7. The fourth-order valence-electron chi connectivity index (χ4n) is 1.31. The lowest BCUT2D eigenvalue weighted by Crippen LogP contribution is -2.36. The number of nitrogen functional groups attached to an aromatic ring is 1. The van der Waals surface area contributed by atoms with Gasteiger partial charge in [0.2, 0.25) is 0 Å². The molecule has 1 aromatic rings. The van der Waals surface area contributed by atoms with Crippen LogP contribution in [-0.2, 0) is 10.8 Å². The van der Waals surface area contributed by atoms with Crippen molar-refractivity contribution in [2.45, 2.75) is 13.0 Å². The van der Waals surface area contributed by atoms with E-state index in [4.69, 9.17) is 5.84 Å². The molecular weight excluding hydrogens is 240 g/mol. The second kappa shape index (κ2) is 6.31. The Balaban J connectivity index is 2.60. The van der Waals surface area contributed by atoms with E-state index in [1.807, 2.05) is 0 Å². The van der Waals surface area contributed by atoms with E-state index >= 15 is 0 Å². The Kier molecular flexibility index (Phi) is 5.05. The van der Waals surface area contributed by atoms with E-state index in [0.29, 0.717) is 17.1 Å². The zero-order chi connectivity index (χ0) is 12.8. The fraction of sp³-hybridized carbons (Fsp3) is 0.400. The van der Waals surface area contributed by atoms with Crippen LogP contribution < -0.4 is 16.6 Å². The van der Waals surface area contributed by atoms with Gasteiger partial charge in [-0.3, -0.25) is 14.8 Å². The Morgan fingerprint density at radius 1 is 1.59 bits per heavy atom. The van der Waals surface area contributed by atoms with Gasteiger partial charge in [0.05, 0.1) is 11.9 Å². The summed E-state index contributed by atoms with van der Waals surface area (Å²) in [6.07, 6.45) is 3.07. The molecule has 0 aliphatic rings. The van der Waals surface area contributed by atoms with Gasteiger partial charge in [-0.15, -0.1) is 0 Å². The van der Waals surface area contributed by atoms with Gasteiger partial charge in [0.1, 0.15) is 5.69 Å². The van der Waals surface area contributed by atoms with E-state index < -0.39 is 10.8 Å². The molecule has 2 unspecified atom stereocenters. The largest absolute Gasteiger partial charge is 0.347 e. The van der Waals surface area contributed by atoms with E-state index in [1.165, 1.54) is 6.20 Å². The number of carbonyl (C=O) groups is 1. The molecule has 1 rings (SSSR count). The van der Waals surface area contributed by atoms with Crippen molar-refractivity contribution in [1.29, 1.82) is 0 Å². The Morgan fingerprint density at radius 3 is 2.76 bits per heavy atom. The first kappa shape index (κ1) is 13.6. The molecule has 94 valence electrons. The van der Waals surface area contributed by atoms with Crippen molar-refractivity contribution in [3.63, 3.8) is 0 Å². The Morgan fingerprint density at radius 2 is 2.29 bits per heavy atom. The zero-order valence-corrected chi connectivity index (χ0v) is 10.6. The van der Waals surface area contributed by atoms with Crippen LogP contribution in [0.25, 0.3) is 0 Å². The number of anilines is 1. The third kappa shape index (κ3) is 4.49. The molecule has 4 N–H and O–H groups in total. The summed E-state index contributed by atoms with van der Waals surface area (Å²) in [5.74, 6) is 5.33. The number of amides is 1. The molecule has 0 saturated carbocycles. The third-order valence-electron chi connectivity index (χ3n) is 2.02. The number of carbonyl (C=O) groups excluding carboxylic acids is 1. The van der Waals surface area contributed by atoms with Crippen molar-refractivity contribution >= 4 is 22.4 Å². The summed E-state index contributed by atoms with van der Waals surface area (Å²) in [6, 6.07) is 3.08. The van der Waals surface area contributed by atoms with Crippen LogP contribution in [0.15, 0.2) is 18.3 Å². The number of hydrogen-bond acceptors (Lipinski definition) is 5. The summed E-state index contributed by atoms with van der Waals surface area (Å²) in [4.78, 5) is 15.7. The third-order valence-corrected chi connectivity index (χ3v) is 2.99. The molecule has 0 aliphatic heterocycles. The van der Waals surface area contributed by atoms with Crippen molar-refractivity contribution < 1.29 is 9.00 Å². The molecule has 1 aromatic heterocycles. The number of hydrogen-bond donors (Lipinski definition) is 3. The highest BCUT2D eigenvalue weighted by atomic mass is 32.2. The summed E-state index contributed by atoms with van der Waals surface area (Å²) in [6.45, 7) is 1.80. The van der Waals surface area contributed by atoms with Gasteiger partial charge >= 0.3 is 0 Å². The maximum absolute atomic E-state index is 11.7. The highest BCUT2D eigenvalue weighted by molar-refractivity contribution is 7.84. The van der Waals surface area contributed by atoms with Gasteiger partial charge in [-0.05, 0) is 19.1 Å². The Labute approximate surface area is 102 Å². The van der Waals surface area contributed by atoms with Crippen LogP contribution in [0.1, 0.15) is 17.4 Å². The smallest absolute Gasteiger partial charge is 0.270 e. The predicted molar refractivity (Wildman–Crippen MR) is 67.9 cm³/mol. The van der Waals surface area contributed by atoms with E-state index in [-0.39, 0.29) is 11.9 Å². The molecule has 0 spiro atoms. The lowest BCUT2D eigenvalue weighted by atomic mass is 10.3. The summed E-state index contributed by atoms with van der Waals surface area (Å²) < 4.78 is 11.0. The molecular formula is C10H16N4O2S. The minimum absolute atomic E-state index is 0.151. The van der Waals surface area contributed by atoms with Crippen molar-refractivity contribution in [3.05, 3.63) is 24.0 Å². The molecule has 0 saturated heterocycles. The highest BCUT2D eigenvalue weighted by Crippen LogP contribution is 2.04. The number of nitrogens with one attached hydrogen (secondary N) is 2. The van der Waals surface area contributed by atoms with Crippen molar-refractivity contribution in [2.24, 2.45) is 5.84 Å². The zero-order valence-electron chi connectivity index (χ0n) is 9.77. The van der Waals surface area contributed by atoms with Crippen molar-refractivity contribution in [1.82, 2.24) is 10.3 Å². The number of nitrogens with two attached hydrogens (primary N) is 1. The quantitative estimate of drug-likeness (QED) is 0.503. The van der Waals surface area contributed by atoms with Crippen LogP contribution in [0.3, 0.4) is 0 Å². The molecule has 0 bridgehead atoms. The van der Waals surface area contributed by atoms with Gasteiger partial charge in [0.15, 0.2) is 0 Å². The number of pyridine rings is 1. The molecule has 17 heavy (non-hydrogen) atoms. The summed E-state index contributed by atoms with van der Waals surface area (Å²) >= 11 is 0. The molecule has 1 heterocycles. The van der Waals surface area contributed by atoms with Crippen LogP contribution >= 0.6 is 0 Å². The lowest BCUT2D eigenvalue weighted by molar-refractivity contribution is 0.0938. The standard InChI is InChI=1S/C10H16N4O2S/c1-7(6-17(2)16)13-10(15)9-4-3-8(14-11)5-12-9/h3-5,7,14H,6,11H2,1-2H3,(H,13,15). The molecule has 0 radical (unpaired) electrons. The Hall–Kier alpha value is -1.47. The molecule has 0 aromatic carbocycles. The SMILES string of the molecule is CC(CS(C)=O)NC(=O)c1ccc(NN)cn1. The molecule has 0 fully saturated rings. The van der Waals surface area contributed by atoms with Gasteiger partial charge in [0.25, 0.3) is 5.91 Å². The lowest BCUT2D eigenvalue weighted by Gasteiger charge is -2.11. The first-order valence-electron chi connectivity index (χ1n) is 5.06. The minimum atomic E-state index is -0.935. The highest BCUT2D eigenvalue weighted by Gasteiger charge is 2.11. The summed E-state index contributed by atoms with van der Waals surface area (Å²) in [5.41, 5.74) is 3.36. The van der Waals surface area contributed by atoms with Crippen LogP contribution in [0, 0.1) is 0 Å². The average Bonchev–Trinajstić information content (AvgIpc) is 2.28. The monoisotopic (exact) mass is 256 g/mol. The topological polar surface area (TPSA) is 97.1 Å². The predicted octanol–water partition coefficient (Wildman–Crippen LogP) is -0.136. The van der Waals surface area contributed by atoms with Gasteiger partial charge in [0, 0.05) is 28.9 Å². The average molecular weight is 256 g/mol. The van der Waals surface area contributed by atoms with Crippen LogP contribution in [0.2, 0.25) is 0 Å². The molecule has 7 heteroatoms. The number of aromatic nitrogens is 1. The molecule has 1 amide bonds. The van der Waals surface area contributed by atoms with E-state index in [1.54, 1.807) is 25.3 Å². The summed E-state index contributed by atoms with van der Waals surface area (Å²) in [7, 11) is -0.935. The Bertz CT molecular complexity index is 407. The second-order valence-electron chi connectivity index (χ2n) is 3.69. The minimum Gasteiger partial charge on any atom is -0.347 e. The van der Waals surface area contributed by atoms with Crippen LogP contribution in [-0.4, -0.2) is 33.2 Å². The normalized spacial score (nSPS) is 13.8. The number of hydrazine groups is 1. The number of rotatable bonds is 5. The summed E-state index contributed by atoms with van der Waals surface area (Å²) in [5, 5.41) is 2.72. The van der Waals surface area contributed by atoms with E-state index in [2.05, 4.69) is 15.7 Å². The van der Waals surface area contributed by atoms with Crippen LogP contribution in [0.5, 0.6) is 0 Å². The van der Waals surface area contributed by atoms with Gasteiger partial charge in [-0.2, -0.15) is 0 Å². The van der Waals surface area contributed by atoms with Crippen molar-refractivity contribution in [2.75, 3.05) is 17.4 Å². The molecule has 6 nitrogen and oxygen atoms in total. The first-order chi connectivity index (χ1) is 8.02. The van der Waals surface area contributed by atoms with Gasteiger partial charge < -0.3 is 10.7 Å². The second-order valence-corrected chi connectivity index (χ2v) is 5.17. The van der Waals surface area contributed by atoms with E-state index in [0.717, 1.165) is 0 Å². The van der Waals surface area contributed by atoms with Gasteiger partial charge in [-0.25, -0.2) is 4.98 Å². The molecule has 0 aliphatic carbocycles. The molecule has 2 atom stereocenters. The van der Waals surface area contributed by atoms with E-state index in [9.17, 15) is 9.00 Å². The number of nitrogens with zero attached hydrogens (tertiary/aromatic N) is 1. The van der Waals surface area contributed by atoms with Gasteiger partial charge in [-0.1, -0.05) is 0 Å².